The van der Waals surface area contributed by atoms with Crippen molar-refractivity contribution in [2.45, 2.75) is 6.92 Å². The molecule has 1 aromatic heterocycles. The maximum atomic E-state index is 13.1. The molecule has 3 nitrogen and oxygen atoms in total. The second kappa shape index (κ2) is 2.97. The minimum atomic E-state index is -0.234. The van der Waals surface area contributed by atoms with Crippen LogP contribution in [-0.4, -0.2) is 15.2 Å². The molecule has 2 rings (SSSR count). The smallest absolute Gasteiger partial charge is 0.180 e. The Bertz CT molecular complexity index is 409. The Labute approximate surface area is 74.6 Å². The molecule has 66 valence electrons. The van der Waals surface area contributed by atoms with Crippen molar-refractivity contribution in [1.82, 2.24) is 15.2 Å². The number of aromatic amines is 1. The van der Waals surface area contributed by atoms with Gasteiger partial charge in [0.1, 0.15) is 12.1 Å². The number of rotatable bonds is 1. The largest absolute Gasteiger partial charge is 0.265 e. The summed E-state index contributed by atoms with van der Waals surface area (Å²) in [5.74, 6) is 0.279. The lowest BCUT2D eigenvalue weighted by atomic mass is 10.1. The highest BCUT2D eigenvalue weighted by Crippen LogP contribution is 2.16. The van der Waals surface area contributed by atoms with Crippen molar-refractivity contribution in [3.63, 3.8) is 0 Å². The summed E-state index contributed by atoms with van der Waals surface area (Å²) in [6, 6.07) is 4.93. The maximum Gasteiger partial charge on any atom is 0.180 e. The van der Waals surface area contributed by atoms with Crippen molar-refractivity contribution < 1.29 is 4.39 Å². The van der Waals surface area contributed by atoms with Gasteiger partial charge in [-0.1, -0.05) is 12.1 Å². The Morgan fingerprint density at radius 2 is 2.23 bits per heavy atom. The van der Waals surface area contributed by atoms with Gasteiger partial charge in [0.15, 0.2) is 5.82 Å². The van der Waals surface area contributed by atoms with E-state index in [1.54, 1.807) is 19.1 Å². The minimum Gasteiger partial charge on any atom is -0.265 e. The van der Waals surface area contributed by atoms with Gasteiger partial charge in [0.05, 0.1) is 0 Å². The van der Waals surface area contributed by atoms with E-state index in [9.17, 15) is 4.39 Å². The van der Waals surface area contributed by atoms with Crippen LogP contribution in [0.3, 0.4) is 0 Å². The highest BCUT2D eigenvalue weighted by Gasteiger charge is 2.03. The van der Waals surface area contributed by atoms with Gasteiger partial charge < -0.3 is 0 Å². The summed E-state index contributed by atoms with van der Waals surface area (Å²) in [6.45, 7) is 1.72. The van der Waals surface area contributed by atoms with Crippen LogP contribution in [-0.2, 0) is 0 Å². The van der Waals surface area contributed by atoms with Crippen LogP contribution in [0.15, 0.2) is 24.5 Å². The fourth-order valence-corrected chi connectivity index (χ4v) is 1.08. The molecule has 0 unspecified atom stereocenters. The quantitative estimate of drug-likeness (QED) is 0.723. The van der Waals surface area contributed by atoms with Crippen LogP contribution in [0.4, 0.5) is 4.39 Å². The first-order valence-electron chi connectivity index (χ1n) is 3.89. The zero-order valence-corrected chi connectivity index (χ0v) is 7.08. The number of hydrogen-bond acceptors (Lipinski definition) is 2. The molecule has 0 aliphatic rings. The van der Waals surface area contributed by atoms with E-state index in [1.165, 1.54) is 12.4 Å². The first-order valence-corrected chi connectivity index (χ1v) is 3.89. The molecule has 1 aromatic carbocycles. The van der Waals surface area contributed by atoms with Crippen molar-refractivity contribution in [3.05, 3.63) is 35.9 Å². The highest BCUT2D eigenvalue weighted by atomic mass is 19.1. The van der Waals surface area contributed by atoms with Gasteiger partial charge in [-0.05, 0) is 18.6 Å². The van der Waals surface area contributed by atoms with Crippen LogP contribution in [0.5, 0.6) is 0 Å². The third kappa shape index (κ3) is 1.42. The van der Waals surface area contributed by atoms with Gasteiger partial charge in [-0.15, -0.1) is 0 Å². The Hall–Kier alpha value is -1.71. The number of H-pyrrole nitrogens is 1. The van der Waals surface area contributed by atoms with Gasteiger partial charge >= 0.3 is 0 Å². The van der Waals surface area contributed by atoms with E-state index in [4.69, 9.17) is 0 Å². The number of nitrogens with one attached hydrogen (secondary N) is 1. The van der Waals surface area contributed by atoms with E-state index in [0.717, 1.165) is 0 Å². The van der Waals surface area contributed by atoms with Crippen LogP contribution in [0, 0.1) is 12.7 Å². The van der Waals surface area contributed by atoms with E-state index in [-0.39, 0.29) is 5.82 Å². The van der Waals surface area contributed by atoms with E-state index >= 15 is 0 Å². The fourth-order valence-electron chi connectivity index (χ4n) is 1.08. The number of nitrogens with zero attached hydrogens (tertiary/aromatic N) is 2. The van der Waals surface area contributed by atoms with Crippen LogP contribution in [0.2, 0.25) is 0 Å². The molecule has 13 heavy (non-hydrogen) atoms. The molecule has 0 bridgehead atoms. The molecule has 4 heteroatoms. The summed E-state index contributed by atoms with van der Waals surface area (Å²) in [5.41, 5.74) is 1.31. The average molecular weight is 177 g/mol. The number of benzene rings is 1. The molecule has 2 aromatic rings. The second-order valence-electron chi connectivity index (χ2n) is 2.79. The molecule has 0 saturated carbocycles. The van der Waals surface area contributed by atoms with Crippen molar-refractivity contribution in [2.75, 3.05) is 0 Å². The molecule has 0 radical (unpaired) electrons. The highest BCUT2D eigenvalue weighted by molar-refractivity contribution is 5.54. The first-order chi connectivity index (χ1) is 6.27. The molecular formula is C9H8FN3. The van der Waals surface area contributed by atoms with Crippen LogP contribution < -0.4 is 0 Å². The van der Waals surface area contributed by atoms with Gasteiger partial charge in [-0.25, -0.2) is 9.37 Å². The zero-order valence-electron chi connectivity index (χ0n) is 7.08. The van der Waals surface area contributed by atoms with Crippen LogP contribution >= 0.6 is 0 Å². The van der Waals surface area contributed by atoms with Gasteiger partial charge in [0.25, 0.3) is 0 Å². The summed E-state index contributed by atoms with van der Waals surface area (Å²) in [4.78, 5) is 3.92. The van der Waals surface area contributed by atoms with Crippen molar-refractivity contribution in [2.24, 2.45) is 0 Å². The van der Waals surface area contributed by atoms with Crippen molar-refractivity contribution in [1.29, 1.82) is 0 Å². The standard InChI is InChI=1S/C9H8FN3/c1-6-2-3-7(4-8(6)10)9-11-5-12-13-9/h2-5H,1H3,(H,11,12,13). The van der Waals surface area contributed by atoms with Crippen LogP contribution in [0.1, 0.15) is 5.56 Å². The maximum absolute atomic E-state index is 13.1. The Morgan fingerprint density at radius 1 is 1.38 bits per heavy atom. The monoisotopic (exact) mass is 177 g/mol. The minimum absolute atomic E-state index is 0.234. The molecule has 0 atom stereocenters. The van der Waals surface area contributed by atoms with Gasteiger partial charge in [-0.3, -0.25) is 5.10 Å². The van der Waals surface area contributed by atoms with E-state index < -0.39 is 0 Å². The topological polar surface area (TPSA) is 41.6 Å². The summed E-state index contributed by atoms with van der Waals surface area (Å²) in [5, 5.41) is 6.43. The fraction of sp³-hybridized carbons (Fsp3) is 0.111. The lowest BCUT2D eigenvalue weighted by Crippen LogP contribution is -1.85. The summed E-state index contributed by atoms with van der Waals surface area (Å²) in [6.07, 6.45) is 1.47. The third-order valence-corrected chi connectivity index (χ3v) is 1.85. The molecule has 0 spiro atoms. The molecule has 0 amide bonds. The number of halogens is 1. The summed E-state index contributed by atoms with van der Waals surface area (Å²) >= 11 is 0. The number of aryl methyl sites for hydroxylation is 1. The molecule has 1 N–H and O–H groups in total. The van der Waals surface area contributed by atoms with Gasteiger partial charge in [-0.2, -0.15) is 5.10 Å². The SMILES string of the molecule is Cc1ccc(-c2nc[nH]n2)cc1F. The van der Waals surface area contributed by atoms with Crippen molar-refractivity contribution in [3.8, 4) is 11.4 Å². The molecule has 0 saturated heterocycles. The van der Waals surface area contributed by atoms with Crippen LogP contribution in [0.25, 0.3) is 11.4 Å². The summed E-state index contributed by atoms with van der Waals surface area (Å²) < 4.78 is 13.1. The van der Waals surface area contributed by atoms with E-state index in [2.05, 4.69) is 15.2 Å². The normalized spacial score (nSPS) is 10.3. The molecule has 0 fully saturated rings. The van der Waals surface area contributed by atoms with Gasteiger partial charge in [0.2, 0.25) is 0 Å². The molecule has 0 aliphatic carbocycles. The number of hydrogen-bond donors (Lipinski definition) is 1. The second-order valence-corrected chi connectivity index (χ2v) is 2.79. The predicted molar refractivity (Wildman–Crippen MR) is 46.5 cm³/mol. The Balaban J connectivity index is 2.49. The van der Waals surface area contributed by atoms with E-state index in [1.807, 2.05) is 0 Å². The predicted octanol–water partition coefficient (Wildman–Crippen LogP) is 1.92. The Kier molecular flexibility index (Phi) is 1.81. The Morgan fingerprint density at radius 3 is 2.85 bits per heavy atom. The average Bonchev–Trinajstić information content (AvgIpc) is 2.62. The van der Waals surface area contributed by atoms with Gasteiger partial charge in [0, 0.05) is 5.56 Å². The lowest BCUT2D eigenvalue weighted by Gasteiger charge is -1.97. The third-order valence-electron chi connectivity index (χ3n) is 1.85. The summed E-state index contributed by atoms with van der Waals surface area (Å²) in [7, 11) is 0. The molecule has 0 aliphatic heterocycles. The lowest BCUT2D eigenvalue weighted by molar-refractivity contribution is 0.619. The zero-order chi connectivity index (χ0) is 9.26. The first kappa shape index (κ1) is 7.91. The van der Waals surface area contributed by atoms with E-state index in [0.29, 0.717) is 17.0 Å². The molecular weight excluding hydrogens is 169 g/mol. The molecule has 1 heterocycles. The van der Waals surface area contributed by atoms with Crippen molar-refractivity contribution >= 4 is 0 Å². The number of aromatic nitrogens is 3.